The van der Waals surface area contributed by atoms with Crippen LogP contribution in [0.2, 0.25) is 0 Å². The third-order valence-electron chi connectivity index (χ3n) is 4.32. The van der Waals surface area contributed by atoms with E-state index in [1.54, 1.807) is 0 Å². The van der Waals surface area contributed by atoms with E-state index < -0.39 is 0 Å². The van der Waals surface area contributed by atoms with Gasteiger partial charge in [0.05, 0.1) is 0 Å². The van der Waals surface area contributed by atoms with Crippen LogP contribution < -0.4 is 5.32 Å². The zero-order chi connectivity index (χ0) is 11.2. The number of hydrogen-bond donors (Lipinski definition) is 1. The van der Waals surface area contributed by atoms with E-state index in [1.807, 2.05) is 0 Å². The van der Waals surface area contributed by atoms with Gasteiger partial charge < -0.3 is 10.2 Å². The Hall–Kier alpha value is -0.0800. The molecule has 0 bridgehead atoms. The number of piperidine rings is 1. The van der Waals surface area contributed by atoms with Gasteiger partial charge in [0.2, 0.25) is 0 Å². The highest BCUT2D eigenvalue weighted by atomic mass is 15.1. The van der Waals surface area contributed by atoms with Crippen LogP contribution in [0.3, 0.4) is 0 Å². The van der Waals surface area contributed by atoms with Crippen molar-refractivity contribution in [3.05, 3.63) is 0 Å². The van der Waals surface area contributed by atoms with E-state index in [0.717, 1.165) is 12.0 Å². The highest BCUT2D eigenvalue weighted by molar-refractivity contribution is 4.76. The molecule has 0 aromatic carbocycles. The van der Waals surface area contributed by atoms with Crippen LogP contribution in [0.5, 0.6) is 0 Å². The summed E-state index contributed by atoms with van der Waals surface area (Å²) in [6, 6.07) is 0.766. The van der Waals surface area contributed by atoms with Gasteiger partial charge >= 0.3 is 0 Å². The van der Waals surface area contributed by atoms with Crippen LogP contribution in [0.25, 0.3) is 0 Å². The zero-order valence-electron chi connectivity index (χ0n) is 10.9. The predicted octanol–water partition coefficient (Wildman–Crippen LogP) is 2.64. The number of likely N-dealkylation sites (N-methyl/N-ethyl adjacent to an activating group) is 1. The van der Waals surface area contributed by atoms with Crippen LogP contribution in [-0.4, -0.2) is 37.6 Å². The maximum absolute atomic E-state index is 3.73. The van der Waals surface area contributed by atoms with Gasteiger partial charge in [-0.3, -0.25) is 0 Å². The second kappa shape index (κ2) is 6.61. The van der Waals surface area contributed by atoms with Gasteiger partial charge in [-0.2, -0.15) is 0 Å². The highest BCUT2D eigenvalue weighted by Gasteiger charge is 2.17. The number of nitrogens with one attached hydrogen (secondary N) is 1. The molecular formula is C14H28N2. The van der Waals surface area contributed by atoms with Crippen molar-refractivity contribution in [2.24, 2.45) is 5.92 Å². The van der Waals surface area contributed by atoms with Gasteiger partial charge in [0.1, 0.15) is 0 Å². The summed E-state index contributed by atoms with van der Waals surface area (Å²) in [6.45, 7) is 3.79. The minimum atomic E-state index is 0.766. The number of hydrogen-bond acceptors (Lipinski definition) is 2. The minimum Gasteiger partial charge on any atom is -0.313 e. The normalized spacial score (nSPS) is 28.7. The van der Waals surface area contributed by atoms with E-state index in [4.69, 9.17) is 0 Å². The number of nitrogens with zero attached hydrogens (tertiary/aromatic N) is 1. The molecule has 1 saturated carbocycles. The lowest BCUT2D eigenvalue weighted by Gasteiger charge is -2.30. The summed E-state index contributed by atoms with van der Waals surface area (Å²) in [7, 11) is 2.24. The van der Waals surface area contributed by atoms with Gasteiger partial charge in [-0.25, -0.2) is 0 Å². The monoisotopic (exact) mass is 224 g/mol. The smallest absolute Gasteiger partial charge is 0.0195 e. The molecule has 0 radical (unpaired) electrons. The average molecular weight is 224 g/mol. The maximum atomic E-state index is 3.73. The highest BCUT2D eigenvalue weighted by Crippen LogP contribution is 2.28. The summed E-state index contributed by atoms with van der Waals surface area (Å²) in [4.78, 5) is 2.46. The summed E-state index contributed by atoms with van der Waals surface area (Å²) in [5.74, 6) is 1.07. The van der Waals surface area contributed by atoms with E-state index in [2.05, 4.69) is 17.3 Å². The van der Waals surface area contributed by atoms with Crippen LogP contribution in [0, 0.1) is 5.92 Å². The predicted molar refractivity (Wildman–Crippen MR) is 69.7 cm³/mol. The third kappa shape index (κ3) is 4.06. The molecule has 1 N–H and O–H groups in total. The lowest BCUT2D eigenvalue weighted by Crippen LogP contribution is -2.44. The molecule has 2 aliphatic rings. The van der Waals surface area contributed by atoms with Crippen LogP contribution in [-0.2, 0) is 0 Å². The molecule has 1 unspecified atom stereocenters. The van der Waals surface area contributed by atoms with Crippen molar-refractivity contribution < 1.29 is 0 Å². The fourth-order valence-electron chi connectivity index (χ4n) is 3.33. The molecular weight excluding hydrogens is 196 g/mol. The summed E-state index contributed by atoms with van der Waals surface area (Å²) < 4.78 is 0. The van der Waals surface area contributed by atoms with Gasteiger partial charge in [-0.15, -0.1) is 0 Å². The largest absolute Gasteiger partial charge is 0.313 e. The Morgan fingerprint density at radius 1 is 1.12 bits per heavy atom. The zero-order valence-corrected chi connectivity index (χ0v) is 10.9. The Labute approximate surface area is 101 Å². The minimum absolute atomic E-state index is 0.766. The first-order chi connectivity index (χ1) is 7.84. The van der Waals surface area contributed by atoms with Gasteiger partial charge in [0.15, 0.2) is 0 Å². The van der Waals surface area contributed by atoms with Crippen LogP contribution in [0.15, 0.2) is 0 Å². The van der Waals surface area contributed by atoms with Crippen molar-refractivity contribution in [2.75, 3.05) is 26.7 Å². The summed E-state index contributed by atoms with van der Waals surface area (Å²) in [6.07, 6.45) is 11.6. The Morgan fingerprint density at radius 3 is 2.69 bits per heavy atom. The quantitative estimate of drug-likeness (QED) is 0.722. The van der Waals surface area contributed by atoms with Crippen molar-refractivity contribution in [1.29, 1.82) is 0 Å². The van der Waals surface area contributed by atoms with Gasteiger partial charge in [-0.1, -0.05) is 25.7 Å². The fraction of sp³-hybridized carbons (Fsp3) is 1.00. The third-order valence-corrected chi connectivity index (χ3v) is 4.32. The molecule has 2 rings (SSSR count). The van der Waals surface area contributed by atoms with Gasteiger partial charge in [0, 0.05) is 12.6 Å². The lowest BCUT2D eigenvalue weighted by atomic mass is 10.0. The summed E-state index contributed by atoms with van der Waals surface area (Å²) in [5.41, 5.74) is 0. The topological polar surface area (TPSA) is 15.3 Å². The Bertz CT molecular complexity index is 187. The number of likely N-dealkylation sites (tertiary alicyclic amines) is 1. The first kappa shape index (κ1) is 12.4. The van der Waals surface area contributed by atoms with Gasteiger partial charge in [0.25, 0.3) is 0 Å². The maximum Gasteiger partial charge on any atom is 0.0195 e. The first-order valence-corrected chi connectivity index (χ1v) is 7.26. The molecule has 16 heavy (non-hydrogen) atoms. The Morgan fingerprint density at radius 2 is 1.94 bits per heavy atom. The second-order valence-corrected chi connectivity index (χ2v) is 5.85. The molecule has 1 aliphatic carbocycles. The molecule has 1 atom stereocenters. The lowest BCUT2D eigenvalue weighted by molar-refractivity contribution is 0.226. The van der Waals surface area contributed by atoms with Crippen molar-refractivity contribution in [2.45, 2.75) is 57.4 Å². The first-order valence-electron chi connectivity index (χ1n) is 7.26. The van der Waals surface area contributed by atoms with E-state index in [1.165, 1.54) is 71.0 Å². The van der Waals surface area contributed by atoms with Crippen molar-refractivity contribution in [3.8, 4) is 0 Å². The Balaban J connectivity index is 1.50. The van der Waals surface area contributed by atoms with Crippen molar-refractivity contribution >= 4 is 0 Å². The van der Waals surface area contributed by atoms with E-state index in [0.29, 0.717) is 0 Å². The summed E-state index contributed by atoms with van der Waals surface area (Å²) >= 11 is 0. The van der Waals surface area contributed by atoms with E-state index >= 15 is 0 Å². The van der Waals surface area contributed by atoms with Crippen molar-refractivity contribution in [1.82, 2.24) is 10.2 Å². The second-order valence-electron chi connectivity index (χ2n) is 5.85. The fourth-order valence-corrected chi connectivity index (χ4v) is 3.33. The molecule has 1 heterocycles. The molecule has 0 amide bonds. The van der Waals surface area contributed by atoms with Crippen LogP contribution in [0.4, 0.5) is 0 Å². The van der Waals surface area contributed by atoms with Crippen molar-refractivity contribution in [3.63, 3.8) is 0 Å². The molecule has 0 spiro atoms. The molecule has 0 aromatic rings. The molecule has 94 valence electrons. The molecule has 2 heteroatoms. The molecule has 2 nitrogen and oxygen atoms in total. The van der Waals surface area contributed by atoms with Crippen LogP contribution in [0.1, 0.15) is 51.4 Å². The summed E-state index contributed by atoms with van der Waals surface area (Å²) in [5, 5.41) is 3.73. The van der Waals surface area contributed by atoms with Crippen LogP contribution >= 0.6 is 0 Å². The van der Waals surface area contributed by atoms with Gasteiger partial charge in [-0.05, 0) is 51.7 Å². The number of rotatable bonds is 5. The molecule has 1 saturated heterocycles. The standard InChI is InChI=1S/C14H28N2/c1-16-11-5-9-14(12-16)15-10-4-8-13-6-2-3-7-13/h13-15H,2-12H2,1H3. The van der Waals surface area contributed by atoms with E-state index in [-0.39, 0.29) is 0 Å². The SMILES string of the molecule is CN1CCCC(NCCCC2CCCC2)C1. The van der Waals surface area contributed by atoms with E-state index in [9.17, 15) is 0 Å². The average Bonchev–Trinajstić information content (AvgIpc) is 2.77. The molecule has 1 aliphatic heterocycles. The molecule has 2 fully saturated rings. The molecule has 0 aromatic heterocycles. The Kier molecular flexibility index (Phi) is 5.11.